The summed E-state index contributed by atoms with van der Waals surface area (Å²) in [6.45, 7) is 7.12. The van der Waals surface area contributed by atoms with Gasteiger partial charge >= 0.3 is 5.97 Å². The molecule has 1 aromatic rings. The van der Waals surface area contributed by atoms with Crippen LogP contribution >= 0.6 is 0 Å². The van der Waals surface area contributed by atoms with Crippen LogP contribution in [0.2, 0.25) is 0 Å². The molecule has 1 amide bonds. The summed E-state index contributed by atoms with van der Waals surface area (Å²) >= 11 is 0. The third-order valence-corrected chi connectivity index (χ3v) is 4.02. The van der Waals surface area contributed by atoms with E-state index in [1.165, 1.54) is 0 Å². The Bertz CT molecular complexity index is 519. The van der Waals surface area contributed by atoms with E-state index in [9.17, 15) is 9.59 Å². The number of carboxylic acids is 1. The summed E-state index contributed by atoms with van der Waals surface area (Å²) in [7, 11) is 0. The molecule has 2 N–H and O–H groups in total. The molecule has 1 fully saturated rings. The maximum absolute atomic E-state index is 12.5. The smallest absolute Gasteiger partial charge is 0.352 e. The van der Waals surface area contributed by atoms with Gasteiger partial charge in [-0.05, 0) is 31.7 Å². The fourth-order valence-electron chi connectivity index (χ4n) is 2.79. The van der Waals surface area contributed by atoms with Crippen LogP contribution in [0.1, 0.15) is 51.9 Å². The summed E-state index contributed by atoms with van der Waals surface area (Å²) in [6, 6.07) is 0. The van der Waals surface area contributed by atoms with Crippen molar-refractivity contribution < 1.29 is 14.7 Å². The third kappa shape index (κ3) is 2.37. The number of hydrogen-bond donors (Lipinski definition) is 2. The van der Waals surface area contributed by atoms with E-state index in [0.29, 0.717) is 22.7 Å². The number of carboxylic acid groups (broad SMARTS) is 1. The number of H-pyrrole nitrogens is 1. The lowest BCUT2D eigenvalue weighted by molar-refractivity contribution is 0.0690. The summed E-state index contributed by atoms with van der Waals surface area (Å²) in [4.78, 5) is 28.2. The maximum Gasteiger partial charge on any atom is 0.352 e. The summed E-state index contributed by atoms with van der Waals surface area (Å²) in [5.74, 6) is -0.496. The van der Waals surface area contributed by atoms with Gasteiger partial charge in [-0.15, -0.1) is 0 Å². The van der Waals surface area contributed by atoms with Crippen LogP contribution in [0.3, 0.4) is 0 Å². The molecule has 1 aromatic heterocycles. The topological polar surface area (TPSA) is 73.4 Å². The first-order chi connectivity index (χ1) is 8.95. The van der Waals surface area contributed by atoms with E-state index in [1.807, 2.05) is 4.90 Å². The van der Waals surface area contributed by atoms with Gasteiger partial charge in [-0.1, -0.05) is 13.3 Å². The molecule has 0 aromatic carbocycles. The number of aryl methyl sites for hydroxylation is 1. The van der Waals surface area contributed by atoms with E-state index < -0.39 is 5.97 Å². The van der Waals surface area contributed by atoms with Crippen molar-refractivity contribution in [1.82, 2.24) is 9.88 Å². The van der Waals surface area contributed by atoms with Crippen LogP contribution in [-0.4, -0.2) is 40.0 Å². The highest BCUT2D eigenvalue weighted by Crippen LogP contribution is 2.25. The number of aromatic amines is 1. The molecule has 104 valence electrons. The van der Waals surface area contributed by atoms with E-state index in [4.69, 9.17) is 5.11 Å². The Morgan fingerprint density at radius 2 is 2.11 bits per heavy atom. The van der Waals surface area contributed by atoms with Crippen LogP contribution in [0.15, 0.2) is 0 Å². The Kier molecular flexibility index (Phi) is 3.64. The molecule has 0 aliphatic carbocycles. The SMILES string of the molecule is CCC1CCN(C(=O)c2c(C)[nH]c(C(=O)O)c2C)C1. The molecule has 1 saturated heterocycles. The lowest BCUT2D eigenvalue weighted by Gasteiger charge is -2.16. The number of amides is 1. The second-order valence-electron chi connectivity index (χ2n) is 5.24. The molecule has 0 saturated carbocycles. The molecule has 1 aliphatic rings. The summed E-state index contributed by atoms with van der Waals surface area (Å²) in [6.07, 6.45) is 2.12. The van der Waals surface area contributed by atoms with Gasteiger partial charge in [0.05, 0.1) is 5.56 Å². The molecule has 0 radical (unpaired) electrons. The van der Waals surface area contributed by atoms with Crippen molar-refractivity contribution in [3.63, 3.8) is 0 Å². The highest BCUT2D eigenvalue weighted by molar-refractivity contribution is 6.00. The predicted octanol–water partition coefficient (Wildman–Crippen LogP) is 2.20. The van der Waals surface area contributed by atoms with Crippen LogP contribution in [0, 0.1) is 19.8 Å². The average Bonchev–Trinajstić information content (AvgIpc) is 2.93. The molecule has 5 heteroatoms. The molecule has 2 heterocycles. The van der Waals surface area contributed by atoms with E-state index >= 15 is 0 Å². The molecule has 1 unspecified atom stereocenters. The van der Waals surface area contributed by atoms with Crippen molar-refractivity contribution in [1.29, 1.82) is 0 Å². The van der Waals surface area contributed by atoms with Crippen LogP contribution in [-0.2, 0) is 0 Å². The fourth-order valence-corrected chi connectivity index (χ4v) is 2.79. The molecular formula is C14H20N2O3. The minimum Gasteiger partial charge on any atom is -0.477 e. The van der Waals surface area contributed by atoms with Gasteiger partial charge < -0.3 is 15.0 Å². The summed E-state index contributed by atoms with van der Waals surface area (Å²) in [5, 5.41) is 9.07. The second-order valence-corrected chi connectivity index (χ2v) is 5.24. The van der Waals surface area contributed by atoms with Crippen molar-refractivity contribution in [3.8, 4) is 0 Å². The first-order valence-corrected chi connectivity index (χ1v) is 6.67. The van der Waals surface area contributed by atoms with E-state index in [2.05, 4.69) is 11.9 Å². The zero-order valence-electron chi connectivity index (χ0n) is 11.6. The molecule has 2 rings (SSSR count). The largest absolute Gasteiger partial charge is 0.477 e. The third-order valence-electron chi connectivity index (χ3n) is 4.02. The summed E-state index contributed by atoms with van der Waals surface area (Å²) in [5.41, 5.74) is 1.82. The van der Waals surface area contributed by atoms with E-state index in [1.54, 1.807) is 13.8 Å². The van der Waals surface area contributed by atoms with Crippen LogP contribution in [0.4, 0.5) is 0 Å². The first-order valence-electron chi connectivity index (χ1n) is 6.67. The number of likely N-dealkylation sites (tertiary alicyclic amines) is 1. The minimum atomic E-state index is -1.02. The van der Waals surface area contributed by atoms with Crippen LogP contribution in [0.25, 0.3) is 0 Å². The number of aromatic nitrogens is 1. The van der Waals surface area contributed by atoms with E-state index in [-0.39, 0.29) is 11.6 Å². The Morgan fingerprint density at radius 1 is 1.42 bits per heavy atom. The maximum atomic E-state index is 12.5. The zero-order chi connectivity index (χ0) is 14.2. The van der Waals surface area contributed by atoms with Gasteiger partial charge in [-0.25, -0.2) is 4.79 Å². The fraction of sp³-hybridized carbons (Fsp3) is 0.571. The van der Waals surface area contributed by atoms with Crippen molar-refractivity contribution in [2.24, 2.45) is 5.92 Å². The normalized spacial score (nSPS) is 18.9. The Labute approximate surface area is 112 Å². The van der Waals surface area contributed by atoms with Crippen LogP contribution in [0.5, 0.6) is 0 Å². The molecular weight excluding hydrogens is 244 g/mol. The number of aromatic carboxylic acids is 1. The standard InChI is InChI=1S/C14H20N2O3/c1-4-10-5-6-16(7-10)13(17)11-8(2)12(14(18)19)15-9(11)3/h10,15H,4-7H2,1-3H3,(H,18,19). The Balaban J connectivity index is 2.27. The van der Waals surface area contributed by atoms with Gasteiger partial charge in [0.1, 0.15) is 5.69 Å². The van der Waals surface area contributed by atoms with Gasteiger partial charge in [0.2, 0.25) is 0 Å². The van der Waals surface area contributed by atoms with Crippen molar-refractivity contribution in [3.05, 3.63) is 22.5 Å². The number of nitrogens with one attached hydrogen (secondary N) is 1. The first kappa shape index (κ1) is 13.6. The molecule has 0 bridgehead atoms. The van der Waals surface area contributed by atoms with Gasteiger partial charge in [-0.3, -0.25) is 4.79 Å². The van der Waals surface area contributed by atoms with Gasteiger partial charge in [0.15, 0.2) is 0 Å². The molecule has 0 spiro atoms. The Hall–Kier alpha value is -1.78. The van der Waals surface area contributed by atoms with Crippen molar-refractivity contribution in [2.75, 3.05) is 13.1 Å². The molecule has 19 heavy (non-hydrogen) atoms. The van der Waals surface area contributed by atoms with Gasteiger partial charge in [-0.2, -0.15) is 0 Å². The zero-order valence-corrected chi connectivity index (χ0v) is 11.6. The number of carbonyl (C=O) groups is 2. The molecule has 1 aliphatic heterocycles. The highest BCUT2D eigenvalue weighted by atomic mass is 16.4. The van der Waals surface area contributed by atoms with Crippen molar-refractivity contribution in [2.45, 2.75) is 33.6 Å². The lowest BCUT2D eigenvalue weighted by Crippen LogP contribution is -2.29. The Morgan fingerprint density at radius 3 is 2.58 bits per heavy atom. The lowest BCUT2D eigenvalue weighted by atomic mass is 10.1. The second kappa shape index (κ2) is 5.07. The summed E-state index contributed by atoms with van der Waals surface area (Å²) < 4.78 is 0. The highest BCUT2D eigenvalue weighted by Gasteiger charge is 2.29. The minimum absolute atomic E-state index is 0.0466. The predicted molar refractivity (Wildman–Crippen MR) is 71.5 cm³/mol. The molecule has 5 nitrogen and oxygen atoms in total. The van der Waals surface area contributed by atoms with Gasteiger partial charge in [0, 0.05) is 18.8 Å². The number of rotatable bonds is 3. The molecule has 1 atom stereocenters. The average molecular weight is 264 g/mol. The van der Waals surface area contributed by atoms with E-state index in [0.717, 1.165) is 25.9 Å². The van der Waals surface area contributed by atoms with Gasteiger partial charge in [0.25, 0.3) is 5.91 Å². The van der Waals surface area contributed by atoms with Crippen molar-refractivity contribution >= 4 is 11.9 Å². The monoisotopic (exact) mass is 264 g/mol. The quantitative estimate of drug-likeness (QED) is 0.879. The number of carbonyl (C=O) groups excluding carboxylic acids is 1. The number of hydrogen-bond acceptors (Lipinski definition) is 2. The van der Waals surface area contributed by atoms with Crippen LogP contribution < -0.4 is 0 Å². The number of nitrogens with zero attached hydrogens (tertiary/aromatic N) is 1.